The molecule has 0 amide bonds. The van der Waals surface area contributed by atoms with Crippen LogP contribution in [0.1, 0.15) is 37.3 Å². The van der Waals surface area contributed by atoms with Crippen molar-refractivity contribution < 1.29 is 5.11 Å². The quantitative estimate of drug-likeness (QED) is 0.796. The molecule has 2 atom stereocenters. The topological polar surface area (TPSA) is 46.2 Å². The van der Waals surface area contributed by atoms with E-state index in [2.05, 4.69) is 6.07 Å². The van der Waals surface area contributed by atoms with Crippen LogP contribution in [0.3, 0.4) is 0 Å². The summed E-state index contributed by atoms with van der Waals surface area (Å²) in [6, 6.07) is 15.5. The number of halogens is 1. The highest BCUT2D eigenvalue weighted by atomic mass is 35.5. The SMILES string of the molecule is N[C@H](c1ccccc1Sc1ccc(Cl)cc1)[C@@H](O)C1CCCC1. The van der Waals surface area contributed by atoms with Gasteiger partial charge in [0.1, 0.15) is 0 Å². The van der Waals surface area contributed by atoms with Gasteiger partial charge < -0.3 is 10.8 Å². The van der Waals surface area contributed by atoms with Crippen molar-refractivity contribution in [2.75, 3.05) is 0 Å². The van der Waals surface area contributed by atoms with Gasteiger partial charge in [-0.1, -0.05) is 54.4 Å². The zero-order chi connectivity index (χ0) is 16.2. The van der Waals surface area contributed by atoms with E-state index in [4.69, 9.17) is 17.3 Å². The van der Waals surface area contributed by atoms with E-state index in [1.165, 1.54) is 12.8 Å². The molecule has 1 aliphatic rings. The molecule has 1 fully saturated rings. The molecule has 2 aromatic rings. The Kier molecular flexibility index (Phi) is 5.65. The number of benzene rings is 2. The van der Waals surface area contributed by atoms with Crippen LogP contribution in [0.15, 0.2) is 58.3 Å². The van der Waals surface area contributed by atoms with Gasteiger partial charge >= 0.3 is 0 Å². The van der Waals surface area contributed by atoms with E-state index in [0.29, 0.717) is 5.92 Å². The van der Waals surface area contributed by atoms with Crippen LogP contribution < -0.4 is 5.73 Å². The van der Waals surface area contributed by atoms with Crippen LogP contribution in [0.2, 0.25) is 5.02 Å². The van der Waals surface area contributed by atoms with Crippen LogP contribution in [-0.2, 0) is 0 Å². The Balaban J connectivity index is 1.80. The van der Waals surface area contributed by atoms with Gasteiger partial charge in [0.05, 0.1) is 12.1 Å². The molecule has 23 heavy (non-hydrogen) atoms. The van der Waals surface area contributed by atoms with Gasteiger partial charge in [-0.2, -0.15) is 0 Å². The smallest absolute Gasteiger partial charge is 0.0761 e. The fraction of sp³-hybridized carbons (Fsp3) is 0.368. The summed E-state index contributed by atoms with van der Waals surface area (Å²) in [7, 11) is 0. The lowest BCUT2D eigenvalue weighted by molar-refractivity contribution is 0.0837. The van der Waals surface area contributed by atoms with Crippen molar-refractivity contribution >= 4 is 23.4 Å². The van der Waals surface area contributed by atoms with E-state index >= 15 is 0 Å². The highest BCUT2D eigenvalue weighted by molar-refractivity contribution is 7.99. The van der Waals surface area contributed by atoms with E-state index in [9.17, 15) is 5.11 Å². The number of nitrogens with two attached hydrogens (primary N) is 1. The summed E-state index contributed by atoms with van der Waals surface area (Å²) in [5.74, 6) is 0.332. The normalized spacial score (nSPS) is 18.0. The molecule has 0 radical (unpaired) electrons. The second kappa shape index (κ2) is 7.71. The maximum Gasteiger partial charge on any atom is 0.0761 e. The van der Waals surface area contributed by atoms with Crippen molar-refractivity contribution in [3.8, 4) is 0 Å². The first-order chi connectivity index (χ1) is 11.1. The van der Waals surface area contributed by atoms with Crippen molar-refractivity contribution in [1.29, 1.82) is 0 Å². The molecule has 2 nitrogen and oxygen atoms in total. The number of rotatable bonds is 5. The van der Waals surface area contributed by atoms with E-state index < -0.39 is 6.10 Å². The lowest BCUT2D eigenvalue weighted by Crippen LogP contribution is -2.32. The van der Waals surface area contributed by atoms with Gasteiger partial charge in [-0.25, -0.2) is 0 Å². The number of hydrogen-bond donors (Lipinski definition) is 2. The van der Waals surface area contributed by atoms with E-state index in [1.54, 1.807) is 11.8 Å². The van der Waals surface area contributed by atoms with E-state index in [0.717, 1.165) is 33.2 Å². The second-order valence-corrected chi connectivity index (χ2v) is 7.71. The lowest BCUT2D eigenvalue weighted by Gasteiger charge is -2.26. The van der Waals surface area contributed by atoms with Crippen LogP contribution in [0.25, 0.3) is 0 Å². The summed E-state index contributed by atoms with van der Waals surface area (Å²) in [6.07, 6.45) is 4.11. The van der Waals surface area contributed by atoms with Gasteiger partial charge in [0, 0.05) is 14.8 Å². The molecule has 3 N–H and O–H groups in total. The zero-order valence-corrected chi connectivity index (χ0v) is 14.6. The third-order valence-electron chi connectivity index (χ3n) is 4.57. The molecule has 3 rings (SSSR count). The average molecular weight is 348 g/mol. The van der Waals surface area contributed by atoms with Gasteiger partial charge in [-0.15, -0.1) is 0 Å². The maximum absolute atomic E-state index is 10.6. The summed E-state index contributed by atoms with van der Waals surface area (Å²) in [4.78, 5) is 2.21. The van der Waals surface area contributed by atoms with Gasteiger partial charge in [-0.05, 0) is 54.7 Å². The standard InChI is InChI=1S/C19H22ClNOS/c20-14-9-11-15(12-10-14)23-17-8-4-3-7-16(17)18(21)19(22)13-5-1-2-6-13/h3-4,7-13,18-19,22H,1-2,5-6,21H2/t18-,19+/m1/s1. The van der Waals surface area contributed by atoms with Crippen LogP contribution in [-0.4, -0.2) is 11.2 Å². The average Bonchev–Trinajstić information content (AvgIpc) is 3.11. The van der Waals surface area contributed by atoms with Gasteiger partial charge in [0.2, 0.25) is 0 Å². The van der Waals surface area contributed by atoms with E-state index in [1.807, 2.05) is 42.5 Å². The molecule has 0 aromatic heterocycles. The maximum atomic E-state index is 10.6. The van der Waals surface area contributed by atoms with Crippen LogP contribution in [0, 0.1) is 5.92 Å². The van der Waals surface area contributed by atoms with Gasteiger partial charge in [-0.3, -0.25) is 0 Å². The van der Waals surface area contributed by atoms with Crippen molar-refractivity contribution in [1.82, 2.24) is 0 Å². The Bertz CT molecular complexity index is 640. The third-order valence-corrected chi connectivity index (χ3v) is 5.92. The monoisotopic (exact) mass is 347 g/mol. The molecule has 0 aliphatic heterocycles. The molecule has 4 heteroatoms. The van der Waals surface area contributed by atoms with Crippen molar-refractivity contribution in [2.45, 2.75) is 47.6 Å². The molecule has 0 heterocycles. The molecule has 0 bridgehead atoms. The second-order valence-electron chi connectivity index (χ2n) is 6.15. The van der Waals surface area contributed by atoms with Crippen molar-refractivity contribution in [2.24, 2.45) is 11.7 Å². The first kappa shape index (κ1) is 16.8. The van der Waals surface area contributed by atoms with Crippen molar-refractivity contribution in [3.05, 3.63) is 59.1 Å². The molecule has 122 valence electrons. The number of aliphatic hydroxyl groups excluding tert-OH is 1. The summed E-state index contributed by atoms with van der Waals surface area (Å²) in [5, 5.41) is 11.4. The van der Waals surface area contributed by atoms with Crippen LogP contribution in [0.4, 0.5) is 0 Å². The van der Waals surface area contributed by atoms with Crippen LogP contribution >= 0.6 is 23.4 Å². The van der Waals surface area contributed by atoms with Gasteiger partial charge in [0.15, 0.2) is 0 Å². The largest absolute Gasteiger partial charge is 0.391 e. The Morgan fingerprint density at radius 3 is 2.39 bits per heavy atom. The Morgan fingerprint density at radius 2 is 1.70 bits per heavy atom. The number of hydrogen-bond acceptors (Lipinski definition) is 3. The molecule has 2 aromatic carbocycles. The summed E-state index contributed by atoms with van der Waals surface area (Å²) in [6.45, 7) is 0. The predicted octanol–water partition coefficient (Wildman–Crippen LogP) is 5.04. The molecule has 1 aliphatic carbocycles. The minimum atomic E-state index is -0.468. The van der Waals surface area contributed by atoms with E-state index in [-0.39, 0.29) is 6.04 Å². The van der Waals surface area contributed by atoms with Crippen LogP contribution in [0.5, 0.6) is 0 Å². The summed E-state index contributed by atoms with van der Waals surface area (Å²) < 4.78 is 0. The fourth-order valence-electron chi connectivity index (χ4n) is 3.25. The first-order valence-electron chi connectivity index (χ1n) is 8.11. The third kappa shape index (κ3) is 4.10. The Morgan fingerprint density at radius 1 is 1.04 bits per heavy atom. The highest BCUT2D eigenvalue weighted by Crippen LogP contribution is 2.37. The van der Waals surface area contributed by atoms with Crippen molar-refractivity contribution in [3.63, 3.8) is 0 Å². The van der Waals surface area contributed by atoms with Gasteiger partial charge in [0.25, 0.3) is 0 Å². The summed E-state index contributed by atoms with van der Waals surface area (Å²) in [5.41, 5.74) is 7.43. The minimum Gasteiger partial charge on any atom is -0.391 e. The zero-order valence-electron chi connectivity index (χ0n) is 13.0. The Hall–Kier alpha value is -1.00. The molecule has 1 saturated carbocycles. The molecule has 0 spiro atoms. The molecule has 0 unspecified atom stereocenters. The molecule has 0 saturated heterocycles. The fourth-order valence-corrected chi connectivity index (χ4v) is 4.38. The minimum absolute atomic E-state index is 0.332. The molecular weight excluding hydrogens is 326 g/mol. The first-order valence-corrected chi connectivity index (χ1v) is 9.30. The number of aliphatic hydroxyl groups is 1. The lowest BCUT2D eigenvalue weighted by atomic mass is 9.91. The molecular formula is C19H22ClNOS. The predicted molar refractivity (Wildman–Crippen MR) is 96.9 cm³/mol. The highest BCUT2D eigenvalue weighted by Gasteiger charge is 2.29. The Labute approximate surface area is 147 Å². The summed E-state index contributed by atoms with van der Waals surface area (Å²) >= 11 is 7.61.